The second-order valence-electron chi connectivity index (χ2n) is 4.71. The first-order valence-electron chi connectivity index (χ1n) is 6.48. The van der Waals surface area contributed by atoms with E-state index in [-0.39, 0.29) is 5.91 Å². The molecule has 0 radical (unpaired) electrons. The van der Waals surface area contributed by atoms with Crippen molar-refractivity contribution in [3.8, 4) is 5.75 Å². The number of nitrogens with one attached hydrogen (secondary N) is 1. The highest BCUT2D eigenvalue weighted by Gasteiger charge is 2.15. The maximum Gasteiger partial charge on any atom is 0.224 e. The summed E-state index contributed by atoms with van der Waals surface area (Å²) in [5.41, 5.74) is 8.38. The Morgan fingerprint density at radius 1 is 1.25 bits per heavy atom. The Balaban J connectivity index is 1.71. The molecule has 2 heterocycles. The van der Waals surface area contributed by atoms with Crippen LogP contribution >= 0.6 is 0 Å². The van der Waals surface area contributed by atoms with Crippen LogP contribution in [0.5, 0.6) is 5.75 Å². The first-order chi connectivity index (χ1) is 9.70. The summed E-state index contributed by atoms with van der Waals surface area (Å²) in [5, 5.41) is 2.84. The van der Waals surface area contributed by atoms with Crippen molar-refractivity contribution >= 4 is 17.4 Å². The summed E-state index contributed by atoms with van der Waals surface area (Å²) in [5.74, 6) is 1.32. The van der Waals surface area contributed by atoms with Crippen molar-refractivity contribution in [2.24, 2.45) is 0 Å². The third-order valence-corrected chi connectivity index (χ3v) is 3.19. The zero-order valence-electron chi connectivity index (χ0n) is 10.9. The van der Waals surface area contributed by atoms with Gasteiger partial charge in [-0.3, -0.25) is 4.79 Å². The molecule has 0 fully saturated rings. The van der Waals surface area contributed by atoms with Gasteiger partial charge in [-0.25, -0.2) is 4.98 Å². The van der Waals surface area contributed by atoms with Crippen LogP contribution in [0.3, 0.4) is 0 Å². The quantitative estimate of drug-likeness (QED) is 0.894. The molecule has 5 heteroatoms. The van der Waals surface area contributed by atoms with E-state index in [9.17, 15) is 4.79 Å². The van der Waals surface area contributed by atoms with Gasteiger partial charge < -0.3 is 15.8 Å². The molecule has 3 rings (SSSR count). The fourth-order valence-electron chi connectivity index (χ4n) is 2.19. The van der Waals surface area contributed by atoms with Crippen LogP contribution in [0, 0.1) is 0 Å². The number of aromatic nitrogens is 1. The van der Waals surface area contributed by atoms with Gasteiger partial charge in [0.25, 0.3) is 0 Å². The van der Waals surface area contributed by atoms with Gasteiger partial charge in [0.1, 0.15) is 18.2 Å². The topological polar surface area (TPSA) is 77.2 Å². The largest absolute Gasteiger partial charge is 0.487 e. The average molecular weight is 269 g/mol. The predicted octanol–water partition coefficient (Wildman–Crippen LogP) is 2.13. The van der Waals surface area contributed by atoms with Crippen LogP contribution < -0.4 is 15.8 Å². The molecule has 0 bridgehead atoms. The van der Waals surface area contributed by atoms with Crippen LogP contribution in [0.2, 0.25) is 0 Å². The first kappa shape index (κ1) is 12.5. The van der Waals surface area contributed by atoms with Crippen LogP contribution in [0.1, 0.15) is 17.7 Å². The number of nitrogens with zero attached hydrogens (tertiary/aromatic N) is 1. The highest BCUT2D eigenvalue weighted by Crippen LogP contribution is 2.27. The normalized spacial score (nSPS) is 13.5. The highest BCUT2D eigenvalue weighted by molar-refractivity contribution is 5.93. The summed E-state index contributed by atoms with van der Waals surface area (Å²) < 4.78 is 5.71. The molecule has 0 saturated heterocycles. The molecule has 1 aromatic heterocycles. The maximum atomic E-state index is 11.3. The van der Waals surface area contributed by atoms with E-state index in [0.717, 1.165) is 29.1 Å². The molecule has 1 aromatic carbocycles. The Labute approximate surface area is 116 Å². The zero-order chi connectivity index (χ0) is 13.9. The fraction of sp³-hybridized carbons (Fsp3) is 0.200. The maximum absolute atomic E-state index is 11.3. The van der Waals surface area contributed by atoms with Gasteiger partial charge in [-0.05, 0) is 42.3 Å². The molecular weight excluding hydrogens is 254 g/mol. The van der Waals surface area contributed by atoms with E-state index in [4.69, 9.17) is 10.5 Å². The predicted molar refractivity (Wildman–Crippen MR) is 76.4 cm³/mol. The minimum atomic E-state index is 0.0649. The van der Waals surface area contributed by atoms with Crippen LogP contribution in [0.4, 0.5) is 11.5 Å². The summed E-state index contributed by atoms with van der Waals surface area (Å²) in [7, 11) is 0. The number of pyridine rings is 1. The Hall–Kier alpha value is -2.56. The first-order valence-corrected chi connectivity index (χ1v) is 6.48. The molecule has 0 atom stereocenters. The lowest BCUT2D eigenvalue weighted by atomic mass is 10.0. The Morgan fingerprint density at radius 2 is 2.15 bits per heavy atom. The van der Waals surface area contributed by atoms with Gasteiger partial charge in [-0.1, -0.05) is 6.07 Å². The number of carbonyl (C=O) groups excluding carboxylic acids is 1. The number of benzene rings is 1. The fourth-order valence-corrected chi connectivity index (χ4v) is 2.19. The lowest BCUT2D eigenvalue weighted by Crippen LogP contribution is -2.18. The summed E-state index contributed by atoms with van der Waals surface area (Å²) in [6.45, 7) is 0.371. The summed E-state index contributed by atoms with van der Waals surface area (Å²) in [6, 6.07) is 11.1. The SMILES string of the molecule is Nc1cccc(COc2ccc3c(c2)CCC(=O)N3)n1. The van der Waals surface area contributed by atoms with Crippen LogP contribution in [0.25, 0.3) is 0 Å². The van der Waals surface area contributed by atoms with E-state index < -0.39 is 0 Å². The van der Waals surface area contributed by atoms with Crippen LogP contribution in [-0.4, -0.2) is 10.9 Å². The monoisotopic (exact) mass is 269 g/mol. The second-order valence-corrected chi connectivity index (χ2v) is 4.71. The van der Waals surface area contributed by atoms with Crippen molar-refractivity contribution in [3.05, 3.63) is 47.7 Å². The van der Waals surface area contributed by atoms with Crippen molar-refractivity contribution < 1.29 is 9.53 Å². The number of carbonyl (C=O) groups is 1. The third-order valence-electron chi connectivity index (χ3n) is 3.19. The molecule has 0 unspecified atom stereocenters. The van der Waals surface area contributed by atoms with Crippen molar-refractivity contribution in [2.45, 2.75) is 19.4 Å². The average Bonchev–Trinajstić information content (AvgIpc) is 2.45. The lowest BCUT2D eigenvalue weighted by Gasteiger charge is -2.17. The standard InChI is InChI=1S/C15H15N3O2/c16-14-3-1-2-11(17-14)9-20-12-5-6-13-10(8-12)4-7-15(19)18-13/h1-3,5-6,8H,4,7,9H2,(H2,16,17)(H,18,19). The molecule has 1 amide bonds. The van der Waals surface area contributed by atoms with Crippen molar-refractivity contribution in [2.75, 3.05) is 11.1 Å². The molecular formula is C15H15N3O2. The molecule has 5 nitrogen and oxygen atoms in total. The van der Waals surface area contributed by atoms with E-state index in [1.54, 1.807) is 6.07 Å². The summed E-state index contributed by atoms with van der Waals surface area (Å²) in [6.07, 6.45) is 1.27. The molecule has 2 aromatic rings. The minimum Gasteiger partial charge on any atom is -0.487 e. The van der Waals surface area contributed by atoms with Crippen molar-refractivity contribution in [1.29, 1.82) is 0 Å². The van der Waals surface area contributed by atoms with Gasteiger partial charge in [0, 0.05) is 12.1 Å². The lowest BCUT2D eigenvalue weighted by molar-refractivity contribution is -0.116. The van der Waals surface area contributed by atoms with E-state index in [1.165, 1.54) is 0 Å². The third kappa shape index (κ3) is 2.71. The zero-order valence-corrected chi connectivity index (χ0v) is 10.9. The van der Waals surface area contributed by atoms with Gasteiger partial charge in [-0.15, -0.1) is 0 Å². The number of nitrogens with two attached hydrogens (primary N) is 1. The van der Waals surface area contributed by atoms with Gasteiger partial charge in [-0.2, -0.15) is 0 Å². The van der Waals surface area contributed by atoms with Gasteiger partial charge in [0.15, 0.2) is 0 Å². The van der Waals surface area contributed by atoms with Gasteiger partial charge >= 0.3 is 0 Å². The Morgan fingerprint density at radius 3 is 3.00 bits per heavy atom. The molecule has 0 spiro atoms. The molecule has 3 N–H and O–H groups in total. The molecule has 20 heavy (non-hydrogen) atoms. The number of rotatable bonds is 3. The van der Waals surface area contributed by atoms with Gasteiger partial charge in [0.2, 0.25) is 5.91 Å². The van der Waals surface area contributed by atoms with E-state index in [2.05, 4.69) is 10.3 Å². The number of aryl methyl sites for hydroxylation is 1. The van der Waals surface area contributed by atoms with E-state index in [0.29, 0.717) is 18.8 Å². The number of anilines is 2. The highest BCUT2D eigenvalue weighted by atomic mass is 16.5. The van der Waals surface area contributed by atoms with Gasteiger partial charge in [0.05, 0.1) is 5.69 Å². The van der Waals surface area contributed by atoms with Crippen molar-refractivity contribution in [1.82, 2.24) is 4.98 Å². The number of nitrogen functional groups attached to an aromatic ring is 1. The molecule has 0 aliphatic carbocycles. The van der Waals surface area contributed by atoms with E-state index >= 15 is 0 Å². The van der Waals surface area contributed by atoms with E-state index in [1.807, 2.05) is 30.3 Å². The Bertz CT molecular complexity index is 655. The van der Waals surface area contributed by atoms with Crippen LogP contribution in [-0.2, 0) is 17.8 Å². The molecule has 0 saturated carbocycles. The molecule has 102 valence electrons. The van der Waals surface area contributed by atoms with Crippen LogP contribution in [0.15, 0.2) is 36.4 Å². The minimum absolute atomic E-state index is 0.0649. The Kier molecular flexibility index (Phi) is 3.25. The number of hydrogen-bond acceptors (Lipinski definition) is 4. The number of ether oxygens (including phenoxy) is 1. The smallest absolute Gasteiger partial charge is 0.224 e. The summed E-state index contributed by atoms with van der Waals surface area (Å²) in [4.78, 5) is 15.5. The van der Waals surface area contributed by atoms with Crippen molar-refractivity contribution in [3.63, 3.8) is 0 Å². The number of hydrogen-bond donors (Lipinski definition) is 2. The second kappa shape index (κ2) is 5.21. The summed E-state index contributed by atoms with van der Waals surface area (Å²) >= 11 is 0. The molecule has 1 aliphatic heterocycles. The molecule has 1 aliphatic rings. The number of amides is 1. The number of fused-ring (bicyclic) bond motifs is 1.